The van der Waals surface area contributed by atoms with Gasteiger partial charge >= 0.3 is 5.97 Å². The number of rotatable bonds is 8. The number of aromatic nitrogens is 1. The summed E-state index contributed by atoms with van der Waals surface area (Å²) in [5.41, 5.74) is 3.05. The summed E-state index contributed by atoms with van der Waals surface area (Å²) in [5.74, 6) is -2.00. The zero-order chi connectivity index (χ0) is 27.4. The Hall–Kier alpha value is -5.30. The number of carbonyl (C=O) groups is 3. The number of pyridine rings is 1. The van der Waals surface area contributed by atoms with Crippen molar-refractivity contribution in [2.24, 2.45) is 0 Å². The molecule has 0 aliphatic carbocycles. The Bertz CT molecular complexity index is 1730. The molecule has 7 nitrogen and oxygen atoms in total. The number of amides is 1. The molecular formula is C32H24N2O5. The van der Waals surface area contributed by atoms with Gasteiger partial charge in [0.25, 0.3) is 5.91 Å². The van der Waals surface area contributed by atoms with Crippen molar-refractivity contribution < 1.29 is 19.5 Å². The number of hydrogen-bond acceptors (Lipinski definition) is 4. The van der Waals surface area contributed by atoms with Gasteiger partial charge in [-0.2, -0.15) is 0 Å². The SMILES string of the molecule is O=C(N[C@H](C(=O)Cc1ccc2[nH]cc(C(=O)O)c(=O)c2c1)c1ccccc1)c1ccc(-c2ccccc2)cc1. The third-order valence-electron chi connectivity index (χ3n) is 6.54. The van der Waals surface area contributed by atoms with Crippen LogP contribution in [0.3, 0.4) is 0 Å². The highest BCUT2D eigenvalue weighted by Gasteiger charge is 2.24. The predicted octanol–water partition coefficient (Wildman–Crippen LogP) is 5.18. The largest absolute Gasteiger partial charge is 0.477 e. The fraction of sp³-hybridized carbons (Fsp3) is 0.0625. The second-order valence-corrected chi connectivity index (χ2v) is 9.12. The van der Waals surface area contributed by atoms with Crippen molar-refractivity contribution >= 4 is 28.6 Å². The Labute approximate surface area is 223 Å². The minimum Gasteiger partial charge on any atom is -0.477 e. The molecule has 0 aliphatic rings. The van der Waals surface area contributed by atoms with Gasteiger partial charge in [0.1, 0.15) is 11.6 Å². The number of carboxylic acid groups (broad SMARTS) is 1. The van der Waals surface area contributed by atoms with Gasteiger partial charge in [-0.1, -0.05) is 78.9 Å². The lowest BCUT2D eigenvalue weighted by Gasteiger charge is -2.19. The first-order valence-corrected chi connectivity index (χ1v) is 12.3. The summed E-state index contributed by atoms with van der Waals surface area (Å²) in [6, 6.07) is 29.9. The van der Waals surface area contributed by atoms with E-state index in [0.29, 0.717) is 22.2 Å². The highest BCUT2D eigenvalue weighted by atomic mass is 16.4. The minimum atomic E-state index is -1.33. The van der Waals surface area contributed by atoms with Crippen LogP contribution in [0, 0.1) is 0 Å². The topological polar surface area (TPSA) is 116 Å². The van der Waals surface area contributed by atoms with E-state index in [-0.39, 0.29) is 23.2 Å². The second-order valence-electron chi connectivity index (χ2n) is 9.12. The summed E-state index contributed by atoms with van der Waals surface area (Å²) in [4.78, 5) is 53.5. The number of carboxylic acids is 1. The van der Waals surface area contributed by atoms with E-state index in [1.807, 2.05) is 48.5 Å². The second kappa shape index (κ2) is 11.0. The van der Waals surface area contributed by atoms with Crippen LogP contribution in [0.1, 0.15) is 37.9 Å². The molecule has 7 heteroatoms. The maximum Gasteiger partial charge on any atom is 0.341 e. The molecule has 192 valence electrons. The van der Waals surface area contributed by atoms with Crippen LogP contribution in [-0.4, -0.2) is 27.8 Å². The quantitative estimate of drug-likeness (QED) is 0.263. The fourth-order valence-corrected chi connectivity index (χ4v) is 4.49. The first kappa shape index (κ1) is 25.4. The van der Waals surface area contributed by atoms with Crippen molar-refractivity contribution in [3.63, 3.8) is 0 Å². The highest BCUT2D eigenvalue weighted by Crippen LogP contribution is 2.22. The van der Waals surface area contributed by atoms with E-state index in [0.717, 1.165) is 17.3 Å². The Balaban J connectivity index is 1.40. The van der Waals surface area contributed by atoms with Crippen LogP contribution in [0.5, 0.6) is 0 Å². The number of aromatic carboxylic acids is 1. The Morgan fingerprint density at radius 3 is 2.10 bits per heavy atom. The number of aromatic amines is 1. The molecule has 1 amide bonds. The molecule has 3 N–H and O–H groups in total. The van der Waals surface area contributed by atoms with Crippen molar-refractivity contribution in [1.82, 2.24) is 10.3 Å². The van der Waals surface area contributed by atoms with E-state index in [2.05, 4.69) is 10.3 Å². The molecule has 39 heavy (non-hydrogen) atoms. The summed E-state index contributed by atoms with van der Waals surface area (Å²) in [6.45, 7) is 0. The Morgan fingerprint density at radius 2 is 1.44 bits per heavy atom. The number of benzene rings is 4. The maximum absolute atomic E-state index is 13.5. The van der Waals surface area contributed by atoms with Crippen molar-refractivity contribution in [1.29, 1.82) is 0 Å². The van der Waals surface area contributed by atoms with Gasteiger partial charge in [-0.15, -0.1) is 0 Å². The average Bonchev–Trinajstić information content (AvgIpc) is 2.97. The highest BCUT2D eigenvalue weighted by molar-refractivity contribution is 5.99. The van der Waals surface area contributed by atoms with Crippen molar-refractivity contribution in [2.75, 3.05) is 0 Å². The van der Waals surface area contributed by atoms with Gasteiger partial charge < -0.3 is 15.4 Å². The molecule has 4 aromatic carbocycles. The lowest BCUT2D eigenvalue weighted by molar-refractivity contribution is -0.120. The number of hydrogen-bond donors (Lipinski definition) is 3. The monoisotopic (exact) mass is 516 g/mol. The molecule has 1 aromatic heterocycles. The number of carbonyl (C=O) groups excluding carboxylic acids is 2. The van der Waals surface area contributed by atoms with Crippen molar-refractivity contribution in [3.05, 3.63) is 142 Å². The number of fused-ring (bicyclic) bond motifs is 1. The molecule has 0 saturated heterocycles. The van der Waals surface area contributed by atoms with E-state index < -0.39 is 23.3 Å². The molecule has 0 bridgehead atoms. The van der Waals surface area contributed by atoms with Gasteiger partial charge in [0.2, 0.25) is 5.43 Å². The molecule has 0 radical (unpaired) electrons. The lowest BCUT2D eigenvalue weighted by atomic mass is 9.96. The van der Waals surface area contributed by atoms with E-state index in [9.17, 15) is 24.3 Å². The van der Waals surface area contributed by atoms with Crippen LogP contribution in [0.15, 0.2) is 114 Å². The predicted molar refractivity (Wildman–Crippen MR) is 149 cm³/mol. The van der Waals surface area contributed by atoms with Gasteiger partial charge in [-0.25, -0.2) is 4.79 Å². The molecule has 1 atom stereocenters. The smallest absolute Gasteiger partial charge is 0.341 e. The third kappa shape index (κ3) is 5.52. The van der Waals surface area contributed by atoms with Crippen LogP contribution in [0.4, 0.5) is 0 Å². The minimum absolute atomic E-state index is 0.0700. The van der Waals surface area contributed by atoms with E-state index in [4.69, 9.17) is 0 Å². The van der Waals surface area contributed by atoms with Gasteiger partial charge in [-0.05, 0) is 46.5 Å². The van der Waals surface area contributed by atoms with E-state index >= 15 is 0 Å². The summed E-state index contributed by atoms with van der Waals surface area (Å²) < 4.78 is 0. The zero-order valence-corrected chi connectivity index (χ0v) is 20.8. The first-order valence-electron chi connectivity index (χ1n) is 12.3. The molecule has 0 unspecified atom stereocenters. The standard InChI is InChI=1S/C32H24N2O5/c35-28(18-20-11-16-27-25(17-20)30(36)26(19-33-27)32(38)39)29(23-9-5-2-6-10-23)34-31(37)24-14-12-22(13-15-24)21-7-3-1-4-8-21/h1-17,19,29H,18H2,(H,33,36)(H,34,37)(H,38,39)/t29-/m0/s1. The van der Waals surface area contributed by atoms with Crippen LogP contribution >= 0.6 is 0 Å². The summed E-state index contributed by atoms with van der Waals surface area (Å²) in [5, 5.41) is 12.3. The summed E-state index contributed by atoms with van der Waals surface area (Å²) in [7, 11) is 0. The molecule has 1 heterocycles. The third-order valence-corrected chi connectivity index (χ3v) is 6.54. The van der Waals surface area contributed by atoms with E-state index in [1.165, 1.54) is 6.07 Å². The Kier molecular flexibility index (Phi) is 7.14. The van der Waals surface area contributed by atoms with Crippen LogP contribution in [0.2, 0.25) is 0 Å². The van der Waals surface area contributed by atoms with Crippen LogP contribution < -0.4 is 10.7 Å². The normalized spacial score (nSPS) is 11.6. The van der Waals surface area contributed by atoms with Crippen LogP contribution in [-0.2, 0) is 11.2 Å². The molecule has 5 rings (SSSR count). The maximum atomic E-state index is 13.5. The zero-order valence-electron chi connectivity index (χ0n) is 20.8. The number of Topliss-reactive ketones (excluding diaryl/α,β-unsaturated/α-hetero) is 1. The van der Waals surface area contributed by atoms with Gasteiger partial charge in [0.05, 0.1) is 0 Å². The molecule has 0 fully saturated rings. The van der Waals surface area contributed by atoms with Crippen molar-refractivity contribution in [2.45, 2.75) is 12.5 Å². The number of nitrogens with one attached hydrogen (secondary N) is 2. The molecule has 0 spiro atoms. The lowest BCUT2D eigenvalue weighted by Crippen LogP contribution is -2.34. The number of H-pyrrole nitrogens is 1. The van der Waals surface area contributed by atoms with E-state index in [1.54, 1.807) is 48.5 Å². The van der Waals surface area contributed by atoms with Crippen molar-refractivity contribution in [3.8, 4) is 11.1 Å². The Morgan fingerprint density at radius 1 is 0.795 bits per heavy atom. The fourth-order valence-electron chi connectivity index (χ4n) is 4.49. The van der Waals surface area contributed by atoms with Gasteiger partial charge in [-0.3, -0.25) is 14.4 Å². The number of ketones is 1. The average molecular weight is 517 g/mol. The molecule has 0 aliphatic heterocycles. The molecular weight excluding hydrogens is 492 g/mol. The first-order chi connectivity index (χ1) is 18.9. The van der Waals surface area contributed by atoms with Crippen LogP contribution in [0.25, 0.3) is 22.0 Å². The summed E-state index contributed by atoms with van der Waals surface area (Å²) >= 11 is 0. The summed E-state index contributed by atoms with van der Waals surface area (Å²) in [6.07, 6.45) is 1.09. The molecule has 0 saturated carbocycles. The molecule has 5 aromatic rings. The van der Waals surface area contributed by atoms with Gasteiger partial charge in [0.15, 0.2) is 5.78 Å². The van der Waals surface area contributed by atoms with Gasteiger partial charge in [0, 0.05) is 29.1 Å².